The number of aromatic carboxylic acids is 1. The first-order valence-electron chi connectivity index (χ1n) is 11.7. The zero-order chi connectivity index (χ0) is 26.4. The summed E-state index contributed by atoms with van der Waals surface area (Å²) in [6.45, 7) is 4.08. The number of rotatable bonds is 9. The predicted molar refractivity (Wildman–Crippen MR) is 144 cm³/mol. The standard InChI is InChI=1S/C29H26N2O5S/c1-19(2)13-14-37(35)24-11-9-21-16-23(10-8-22(21)17-24)36-28-12-7-20(18-30-28)15-27(32)31-26-6-4-3-5-25(26)29(33)34/h3-14,16-19H,15H2,1-2H3,(H,31,32)(H,33,34). The van der Waals surface area contributed by atoms with Crippen LogP contribution in [-0.2, 0) is 22.0 Å². The zero-order valence-corrected chi connectivity index (χ0v) is 21.2. The molecular formula is C29H26N2O5S. The molecule has 1 atom stereocenters. The molecule has 0 aliphatic carbocycles. The molecule has 0 saturated heterocycles. The van der Waals surface area contributed by atoms with E-state index in [0.717, 1.165) is 15.7 Å². The van der Waals surface area contributed by atoms with Gasteiger partial charge in [0.2, 0.25) is 11.8 Å². The van der Waals surface area contributed by atoms with Crippen LogP contribution in [-0.4, -0.2) is 26.2 Å². The summed E-state index contributed by atoms with van der Waals surface area (Å²) in [4.78, 5) is 28.8. The van der Waals surface area contributed by atoms with E-state index in [1.807, 2.05) is 56.3 Å². The van der Waals surface area contributed by atoms with Crippen molar-refractivity contribution in [3.63, 3.8) is 0 Å². The number of allylic oxidation sites excluding steroid dienone is 1. The lowest BCUT2D eigenvalue weighted by atomic mass is 10.1. The highest BCUT2D eigenvalue weighted by Gasteiger charge is 2.12. The van der Waals surface area contributed by atoms with Crippen molar-refractivity contribution in [3.05, 3.63) is 102 Å². The van der Waals surface area contributed by atoms with Crippen LogP contribution in [0.15, 0.2) is 95.4 Å². The molecule has 4 rings (SSSR count). The normalized spacial score (nSPS) is 12.1. The number of hydrogen-bond donors (Lipinski definition) is 2. The lowest BCUT2D eigenvalue weighted by Gasteiger charge is -2.09. The molecule has 1 heterocycles. The van der Waals surface area contributed by atoms with Gasteiger partial charge in [-0.3, -0.25) is 4.79 Å². The fourth-order valence-electron chi connectivity index (χ4n) is 3.55. The van der Waals surface area contributed by atoms with Crippen molar-refractivity contribution < 1.29 is 23.6 Å². The quantitative estimate of drug-likeness (QED) is 0.276. The van der Waals surface area contributed by atoms with Gasteiger partial charge in [0, 0.05) is 22.6 Å². The Morgan fingerprint density at radius 1 is 1.03 bits per heavy atom. The molecule has 0 bridgehead atoms. The maximum atomic E-state index is 12.5. The van der Waals surface area contributed by atoms with E-state index in [9.17, 15) is 18.9 Å². The summed E-state index contributed by atoms with van der Waals surface area (Å²) in [6, 6.07) is 20.9. The van der Waals surface area contributed by atoms with Crippen molar-refractivity contribution in [1.29, 1.82) is 0 Å². The zero-order valence-electron chi connectivity index (χ0n) is 20.4. The van der Waals surface area contributed by atoms with Crippen LogP contribution in [0.3, 0.4) is 0 Å². The number of hydrogen-bond acceptors (Lipinski definition) is 5. The number of aromatic nitrogens is 1. The number of carbonyl (C=O) groups excluding carboxylic acids is 1. The third-order valence-electron chi connectivity index (χ3n) is 5.42. The van der Waals surface area contributed by atoms with Crippen LogP contribution in [0.1, 0.15) is 29.8 Å². The van der Waals surface area contributed by atoms with E-state index >= 15 is 0 Å². The van der Waals surface area contributed by atoms with Crippen LogP contribution in [0.5, 0.6) is 11.6 Å². The molecule has 8 heteroatoms. The number of carboxylic acid groups (broad SMARTS) is 1. The maximum absolute atomic E-state index is 12.5. The Labute approximate surface area is 217 Å². The number of pyridine rings is 1. The van der Waals surface area contributed by atoms with Crippen molar-refractivity contribution >= 4 is 39.1 Å². The molecule has 0 saturated carbocycles. The number of nitrogens with zero attached hydrogens (tertiary/aromatic N) is 1. The molecule has 7 nitrogen and oxygen atoms in total. The van der Waals surface area contributed by atoms with Crippen molar-refractivity contribution in [2.45, 2.75) is 25.2 Å². The number of nitrogens with one attached hydrogen (secondary N) is 1. The third-order valence-corrected chi connectivity index (χ3v) is 6.54. The molecule has 0 radical (unpaired) electrons. The van der Waals surface area contributed by atoms with Crippen molar-refractivity contribution in [3.8, 4) is 11.6 Å². The molecular weight excluding hydrogens is 488 g/mol. The van der Waals surface area contributed by atoms with Gasteiger partial charge in [0.25, 0.3) is 0 Å². The number of amides is 1. The monoisotopic (exact) mass is 514 g/mol. The fraction of sp³-hybridized carbons (Fsp3) is 0.138. The summed E-state index contributed by atoms with van der Waals surface area (Å²) in [5.74, 6) is -0.147. The van der Waals surface area contributed by atoms with Crippen LogP contribution >= 0.6 is 0 Å². The lowest BCUT2D eigenvalue weighted by Crippen LogP contribution is -2.16. The summed E-state index contributed by atoms with van der Waals surface area (Å²) in [7, 11) is -1.20. The largest absolute Gasteiger partial charge is 0.478 e. The lowest BCUT2D eigenvalue weighted by molar-refractivity contribution is -0.115. The molecule has 0 aliphatic rings. The maximum Gasteiger partial charge on any atom is 0.337 e. The Hall–Kier alpha value is -4.30. The SMILES string of the molecule is CC(C)C=CS(=O)c1ccc2cc(Oc3ccc(CC(=O)Nc4ccccc4C(=O)O)cn3)ccc2c1. The molecule has 0 fully saturated rings. The van der Waals surface area contributed by atoms with E-state index in [1.165, 1.54) is 6.07 Å². The average Bonchev–Trinajstić information content (AvgIpc) is 2.88. The molecule has 4 aromatic rings. The van der Waals surface area contributed by atoms with Gasteiger partial charge in [0.1, 0.15) is 5.75 Å². The molecule has 1 unspecified atom stereocenters. The molecule has 3 aromatic carbocycles. The smallest absolute Gasteiger partial charge is 0.337 e. The Morgan fingerprint density at radius 3 is 2.51 bits per heavy atom. The van der Waals surface area contributed by atoms with Crippen LogP contribution < -0.4 is 10.1 Å². The molecule has 0 aliphatic heterocycles. The summed E-state index contributed by atoms with van der Waals surface area (Å²) >= 11 is 0. The van der Waals surface area contributed by atoms with Crippen molar-refractivity contribution in [2.24, 2.45) is 5.92 Å². The van der Waals surface area contributed by atoms with Gasteiger partial charge in [-0.2, -0.15) is 0 Å². The van der Waals surface area contributed by atoms with Crippen LogP contribution in [0.2, 0.25) is 0 Å². The van der Waals surface area contributed by atoms with Crippen LogP contribution in [0, 0.1) is 5.92 Å². The van der Waals surface area contributed by atoms with E-state index in [0.29, 0.717) is 23.1 Å². The molecule has 2 N–H and O–H groups in total. The van der Waals surface area contributed by atoms with Gasteiger partial charge in [-0.1, -0.05) is 50.3 Å². The molecule has 1 aromatic heterocycles. The first kappa shape index (κ1) is 25.8. The van der Waals surface area contributed by atoms with E-state index in [-0.39, 0.29) is 23.6 Å². The van der Waals surface area contributed by atoms with Gasteiger partial charge in [0.05, 0.1) is 28.5 Å². The molecule has 37 heavy (non-hydrogen) atoms. The van der Waals surface area contributed by atoms with Gasteiger partial charge in [-0.25, -0.2) is 14.0 Å². The third kappa shape index (κ3) is 6.89. The Balaban J connectivity index is 1.39. The van der Waals surface area contributed by atoms with Gasteiger partial charge in [0.15, 0.2) is 0 Å². The van der Waals surface area contributed by atoms with Crippen LogP contribution in [0.25, 0.3) is 10.8 Å². The first-order valence-corrected chi connectivity index (χ1v) is 12.9. The topological polar surface area (TPSA) is 106 Å². The van der Waals surface area contributed by atoms with E-state index in [4.69, 9.17) is 4.74 Å². The summed E-state index contributed by atoms with van der Waals surface area (Å²) in [6.07, 6.45) is 3.51. The highest BCUT2D eigenvalue weighted by atomic mass is 32.2. The number of para-hydroxylation sites is 1. The Morgan fingerprint density at radius 2 is 1.78 bits per heavy atom. The molecule has 0 spiro atoms. The minimum atomic E-state index is -1.20. The van der Waals surface area contributed by atoms with Gasteiger partial charge in [-0.05, 0) is 58.7 Å². The Kier molecular flexibility index (Phi) is 8.10. The average molecular weight is 515 g/mol. The number of ether oxygens (including phenoxy) is 1. The number of benzene rings is 3. The van der Waals surface area contributed by atoms with Gasteiger partial charge in [-0.15, -0.1) is 0 Å². The second kappa shape index (κ2) is 11.6. The second-order valence-electron chi connectivity index (χ2n) is 8.72. The van der Waals surface area contributed by atoms with Crippen LogP contribution in [0.4, 0.5) is 5.69 Å². The van der Waals surface area contributed by atoms with E-state index in [2.05, 4.69) is 10.3 Å². The molecule has 1 amide bonds. The summed E-state index contributed by atoms with van der Waals surface area (Å²) < 4.78 is 18.4. The number of anilines is 1. The van der Waals surface area contributed by atoms with E-state index < -0.39 is 16.8 Å². The minimum absolute atomic E-state index is 0.0283. The van der Waals surface area contributed by atoms with Crippen molar-refractivity contribution in [1.82, 2.24) is 4.98 Å². The fourth-order valence-corrected chi connectivity index (χ4v) is 4.61. The van der Waals surface area contributed by atoms with Gasteiger partial charge >= 0.3 is 5.97 Å². The molecule has 188 valence electrons. The first-order chi connectivity index (χ1) is 17.8. The second-order valence-corrected chi connectivity index (χ2v) is 10.1. The summed E-state index contributed by atoms with van der Waals surface area (Å²) in [5, 5.41) is 15.5. The van der Waals surface area contributed by atoms with E-state index in [1.54, 1.807) is 41.9 Å². The number of fused-ring (bicyclic) bond motifs is 1. The van der Waals surface area contributed by atoms with Gasteiger partial charge < -0.3 is 15.2 Å². The minimum Gasteiger partial charge on any atom is -0.478 e. The van der Waals surface area contributed by atoms with Crippen molar-refractivity contribution in [2.75, 3.05) is 5.32 Å². The Bertz CT molecular complexity index is 1500. The highest BCUT2D eigenvalue weighted by Crippen LogP contribution is 2.27. The highest BCUT2D eigenvalue weighted by molar-refractivity contribution is 7.88. The number of carbonyl (C=O) groups is 2. The predicted octanol–water partition coefficient (Wildman–Crippen LogP) is 6.18. The summed E-state index contributed by atoms with van der Waals surface area (Å²) in [5.41, 5.74) is 0.929. The number of carboxylic acids is 1.